The number of hydrogen-bond donors (Lipinski definition) is 2. The Balaban J connectivity index is 1.67. The number of hydrogen-bond acceptors (Lipinski definition) is 4. The Labute approximate surface area is 175 Å². The lowest BCUT2D eigenvalue weighted by Crippen LogP contribution is -2.24. The molecule has 0 unspecified atom stereocenters. The van der Waals surface area contributed by atoms with Crippen molar-refractivity contribution in [1.29, 1.82) is 0 Å². The minimum absolute atomic E-state index is 0.100. The Kier molecular flexibility index (Phi) is 5.90. The molecule has 0 aliphatic carbocycles. The SMILES string of the molecule is CCOCc1cccc(-c2cc(NC(=O)[C@H]3CNC(=O)C3)nn2-c2ccccc2)c1. The molecule has 2 N–H and O–H groups in total. The topological polar surface area (TPSA) is 85.2 Å². The number of benzene rings is 2. The van der Waals surface area contributed by atoms with Gasteiger partial charge in [0, 0.05) is 31.2 Å². The van der Waals surface area contributed by atoms with Crippen molar-refractivity contribution in [2.24, 2.45) is 5.92 Å². The van der Waals surface area contributed by atoms with Gasteiger partial charge in [-0.05, 0) is 30.7 Å². The lowest BCUT2D eigenvalue weighted by atomic mass is 10.1. The highest BCUT2D eigenvalue weighted by molar-refractivity contribution is 5.97. The lowest BCUT2D eigenvalue weighted by molar-refractivity contribution is -0.123. The number of amides is 2. The largest absolute Gasteiger partial charge is 0.377 e. The second-order valence-electron chi connectivity index (χ2n) is 7.19. The van der Waals surface area contributed by atoms with E-state index in [2.05, 4.69) is 21.8 Å². The molecule has 3 aromatic rings. The van der Waals surface area contributed by atoms with Crippen LogP contribution in [0.4, 0.5) is 5.82 Å². The van der Waals surface area contributed by atoms with Gasteiger partial charge in [-0.2, -0.15) is 0 Å². The molecule has 1 atom stereocenters. The summed E-state index contributed by atoms with van der Waals surface area (Å²) in [5.41, 5.74) is 3.79. The number of aromatic nitrogens is 2. The quantitative estimate of drug-likeness (QED) is 0.634. The predicted molar refractivity (Wildman–Crippen MR) is 114 cm³/mol. The number of ether oxygens (including phenoxy) is 1. The molecule has 4 rings (SSSR count). The molecule has 0 bridgehead atoms. The van der Waals surface area contributed by atoms with Crippen molar-refractivity contribution in [2.75, 3.05) is 18.5 Å². The molecule has 0 saturated carbocycles. The molecular formula is C23H24N4O3. The molecule has 154 valence electrons. The summed E-state index contributed by atoms with van der Waals surface area (Å²) in [5, 5.41) is 10.2. The Morgan fingerprint density at radius 2 is 2.03 bits per heavy atom. The molecule has 2 amide bonds. The summed E-state index contributed by atoms with van der Waals surface area (Å²) in [6, 6.07) is 19.7. The Morgan fingerprint density at radius 3 is 2.77 bits per heavy atom. The fourth-order valence-electron chi connectivity index (χ4n) is 3.47. The second kappa shape index (κ2) is 8.92. The molecule has 7 heteroatoms. The summed E-state index contributed by atoms with van der Waals surface area (Å²) < 4.78 is 7.35. The zero-order chi connectivity index (χ0) is 20.9. The third-order valence-electron chi connectivity index (χ3n) is 5.01. The third kappa shape index (κ3) is 4.41. The first-order chi connectivity index (χ1) is 14.6. The molecule has 2 aromatic carbocycles. The van der Waals surface area contributed by atoms with Crippen LogP contribution < -0.4 is 10.6 Å². The summed E-state index contributed by atoms with van der Waals surface area (Å²) in [5.74, 6) is -0.231. The summed E-state index contributed by atoms with van der Waals surface area (Å²) in [7, 11) is 0. The monoisotopic (exact) mass is 404 g/mol. The molecule has 1 aromatic heterocycles. The first kappa shape index (κ1) is 19.8. The van der Waals surface area contributed by atoms with Crippen molar-refractivity contribution < 1.29 is 14.3 Å². The first-order valence-corrected chi connectivity index (χ1v) is 10.0. The molecule has 30 heavy (non-hydrogen) atoms. The number of carbonyl (C=O) groups is 2. The molecule has 1 aliphatic rings. The summed E-state index contributed by atoms with van der Waals surface area (Å²) in [4.78, 5) is 24.0. The fourth-order valence-corrected chi connectivity index (χ4v) is 3.47. The van der Waals surface area contributed by atoms with Gasteiger partial charge in [-0.1, -0.05) is 36.4 Å². The maximum Gasteiger partial charge on any atom is 0.230 e. The molecule has 0 radical (unpaired) electrons. The molecule has 0 spiro atoms. The minimum atomic E-state index is -0.377. The molecule has 1 aliphatic heterocycles. The van der Waals surface area contributed by atoms with E-state index >= 15 is 0 Å². The zero-order valence-corrected chi connectivity index (χ0v) is 16.8. The van der Waals surface area contributed by atoms with Gasteiger partial charge in [-0.3, -0.25) is 9.59 Å². The molecular weight excluding hydrogens is 380 g/mol. The highest BCUT2D eigenvalue weighted by Crippen LogP contribution is 2.27. The van der Waals surface area contributed by atoms with Gasteiger partial charge in [0.1, 0.15) is 0 Å². The zero-order valence-electron chi connectivity index (χ0n) is 16.8. The smallest absolute Gasteiger partial charge is 0.230 e. The highest BCUT2D eigenvalue weighted by atomic mass is 16.5. The van der Waals surface area contributed by atoms with Gasteiger partial charge >= 0.3 is 0 Å². The fraction of sp³-hybridized carbons (Fsp3) is 0.261. The van der Waals surface area contributed by atoms with Crippen LogP contribution in [0.2, 0.25) is 0 Å². The van der Waals surface area contributed by atoms with E-state index in [1.54, 1.807) is 0 Å². The van der Waals surface area contributed by atoms with Gasteiger partial charge in [-0.15, -0.1) is 5.10 Å². The van der Waals surface area contributed by atoms with E-state index in [1.165, 1.54) is 0 Å². The van der Waals surface area contributed by atoms with Crippen LogP contribution in [0, 0.1) is 5.92 Å². The lowest BCUT2D eigenvalue weighted by Gasteiger charge is -2.09. The van der Waals surface area contributed by atoms with Gasteiger partial charge in [0.2, 0.25) is 11.8 Å². The minimum Gasteiger partial charge on any atom is -0.377 e. The highest BCUT2D eigenvalue weighted by Gasteiger charge is 2.28. The van der Waals surface area contributed by atoms with E-state index in [9.17, 15) is 9.59 Å². The van der Waals surface area contributed by atoms with Crippen molar-refractivity contribution in [3.8, 4) is 16.9 Å². The average Bonchev–Trinajstić information content (AvgIpc) is 3.39. The van der Waals surface area contributed by atoms with Crippen LogP contribution in [0.15, 0.2) is 60.7 Å². The second-order valence-corrected chi connectivity index (χ2v) is 7.19. The van der Waals surface area contributed by atoms with E-state index in [0.29, 0.717) is 25.6 Å². The number of anilines is 1. The van der Waals surface area contributed by atoms with E-state index in [-0.39, 0.29) is 24.2 Å². The van der Waals surface area contributed by atoms with E-state index in [4.69, 9.17) is 4.74 Å². The Bertz CT molecular complexity index is 1050. The average molecular weight is 404 g/mol. The van der Waals surface area contributed by atoms with Crippen LogP contribution in [0.1, 0.15) is 18.9 Å². The van der Waals surface area contributed by atoms with Gasteiger partial charge < -0.3 is 15.4 Å². The molecule has 2 heterocycles. The number of para-hydroxylation sites is 1. The van der Waals surface area contributed by atoms with E-state index < -0.39 is 0 Å². The number of rotatable bonds is 7. The van der Waals surface area contributed by atoms with Crippen molar-refractivity contribution in [3.63, 3.8) is 0 Å². The van der Waals surface area contributed by atoms with Crippen molar-refractivity contribution in [3.05, 3.63) is 66.2 Å². The Morgan fingerprint density at radius 1 is 1.20 bits per heavy atom. The molecule has 1 saturated heterocycles. The summed E-state index contributed by atoms with van der Waals surface area (Å²) in [6.45, 7) is 3.52. The normalized spacial score (nSPS) is 15.8. The predicted octanol–water partition coefficient (Wildman–Crippen LogP) is 3.15. The molecule has 7 nitrogen and oxygen atoms in total. The number of carbonyl (C=O) groups excluding carboxylic acids is 2. The third-order valence-corrected chi connectivity index (χ3v) is 5.01. The Hall–Kier alpha value is -3.45. The van der Waals surface area contributed by atoms with Crippen molar-refractivity contribution >= 4 is 17.6 Å². The van der Waals surface area contributed by atoms with Crippen molar-refractivity contribution in [1.82, 2.24) is 15.1 Å². The van der Waals surface area contributed by atoms with Gasteiger partial charge in [-0.25, -0.2) is 4.68 Å². The van der Waals surface area contributed by atoms with Crippen LogP contribution in [0.3, 0.4) is 0 Å². The van der Waals surface area contributed by atoms with Crippen LogP contribution in [0.5, 0.6) is 0 Å². The van der Waals surface area contributed by atoms with Gasteiger partial charge in [0.15, 0.2) is 5.82 Å². The van der Waals surface area contributed by atoms with Gasteiger partial charge in [0.25, 0.3) is 0 Å². The van der Waals surface area contributed by atoms with Gasteiger partial charge in [0.05, 0.1) is 23.9 Å². The summed E-state index contributed by atoms with van der Waals surface area (Å²) in [6.07, 6.45) is 0.206. The van der Waals surface area contributed by atoms with Crippen LogP contribution in [-0.4, -0.2) is 34.7 Å². The number of nitrogens with zero attached hydrogens (tertiary/aromatic N) is 2. The first-order valence-electron chi connectivity index (χ1n) is 10.0. The van der Waals surface area contributed by atoms with E-state index in [1.807, 2.05) is 66.2 Å². The van der Waals surface area contributed by atoms with Crippen molar-refractivity contribution in [2.45, 2.75) is 20.0 Å². The van der Waals surface area contributed by atoms with Crippen LogP contribution >= 0.6 is 0 Å². The van der Waals surface area contributed by atoms with Crippen LogP contribution in [0.25, 0.3) is 16.9 Å². The molecule has 1 fully saturated rings. The maximum atomic E-state index is 12.6. The standard InChI is InChI=1S/C23H24N4O3/c1-2-30-15-16-7-6-8-17(11-16)20-13-21(25-23(29)18-12-22(28)24-14-18)26-27(20)19-9-4-3-5-10-19/h3-11,13,18H,2,12,14-15H2,1H3,(H,24,28)(H,25,26,29)/t18-/m1/s1. The number of nitrogens with one attached hydrogen (secondary N) is 2. The van der Waals surface area contributed by atoms with Crippen LogP contribution in [-0.2, 0) is 20.9 Å². The van der Waals surface area contributed by atoms with E-state index in [0.717, 1.165) is 22.5 Å². The summed E-state index contributed by atoms with van der Waals surface area (Å²) >= 11 is 0. The maximum absolute atomic E-state index is 12.6.